The van der Waals surface area contributed by atoms with Gasteiger partial charge >= 0.3 is 0 Å². The molecule has 3 nitrogen and oxygen atoms in total. The Morgan fingerprint density at radius 1 is 1.47 bits per heavy atom. The summed E-state index contributed by atoms with van der Waals surface area (Å²) in [5.74, 6) is 0.0949. The van der Waals surface area contributed by atoms with Gasteiger partial charge in [-0.05, 0) is 26.0 Å². The lowest BCUT2D eigenvalue weighted by atomic mass is 10.1. The van der Waals surface area contributed by atoms with Crippen LogP contribution in [-0.4, -0.2) is 36.1 Å². The third-order valence-corrected chi connectivity index (χ3v) is 2.67. The van der Waals surface area contributed by atoms with Crippen molar-refractivity contribution in [3.63, 3.8) is 0 Å². The van der Waals surface area contributed by atoms with Crippen molar-refractivity contribution in [3.05, 3.63) is 24.3 Å². The maximum Gasteiger partial charge on any atom is 0.216 e. The van der Waals surface area contributed by atoms with Crippen molar-refractivity contribution in [2.24, 2.45) is 0 Å². The van der Waals surface area contributed by atoms with Crippen molar-refractivity contribution in [1.82, 2.24) is 9.88 Å². The minimum Gasteiger partial charge on any atom is -0.490 e. The highest BCUT2D eigenvalue weighted by atomic mass is 19.1. The Hall–Kier alpha value is -1.16. The molecule has 1 saturated heterocycles. The van der Waals surface area contributed by atoms with E-state index in [1.165, 1.54) is 12.3 Å². The summed E-state index contributed by atoms with van der Waals surface area (Å²) in [7, 11) is 2.10. The lowest BCUT2D eigenvalue weighted by Gasteiger charge is -2.29. The quantitative estimate of drug-likeness (QED) is 0.695. The molecule has 0 atom stereocenters. The largest absolute Gasteiger partial charge is 0.490 e. The molecule has 1 aliphatic rings. The van der Waals surface area contributed by atoms with Crippen LogP contribution in [0.15, 0.2) is 18.3 Å². The molecule has 0 radical (unpaired) electrons. The van der Waals surface area contributed by atoms with Crippen LogP contribution in [-0.2, 0) is 0 Å². The van der Waals surface area contributed by atoms with Crippen LogP contribution in [0.1, 0.15) is 12.8 Å². The van der Waals surface area contributed by atoms with E-state index in [9.17, 15) is 4.39 Å². The molecule has 0 aromatic carbocycles. The normalized spacial score (nSPS) is 19.1. The summed E-state index contributed by atoms with van der Waals surface area (Å²) >= 11 is 0. The molecule has 0 bridgehead atoms. The Kier molecular flexibility index (Phi) is 3.16. The maximum atomic E-state index is 12.8. The first kappa shape index (κ1) is 10.4. The van der Waals surface area contributed by atoms with Gasteiger partial charge in [0.1, 0.15) is 11.9 Å². The monoisotopic (exact) mass is 210 g/mol. The molecule has 1 aliphatic heterocycles. The highest BCUT2D eigenvalue weighted by Crippen LogP contribution is 2.18. The van der Waals surface area contributed by atoms with Gasteiger partial charge in [0.25, 0.3) is 0 Å². The topological polar surface area (TPSA) is 25.4 Å². The van der Waals surface area contributed by atoms with Gasteiger partial charge in [0.2, 0.25) is 5.95 Å². The summed E-state index contributed by atoms with van der Waals surface area (Å²) in [6.45, 7) is 2.08. The lowest BCUT2D eigenvalue weighted by molar-refractivity contribution is 0.114. The van der Waals surface area contributed by atoms with Crippen molar-refractivity contribution in [3.8, 4) is 5.75 Å². The number of halogens is 1. The Morgan fingerprint density at radius 2 is 2.20 bits per heavy atom. The number of nitrogens with zero attached hydrogens (tertiary/aromatic N) is 2. The molecule has 0 unspecified atom stereocenters. The molecule has 0 spiro atoms. The Bertz CT molecular complexity index is 324. The molecule has 0 amide bonds. The number of piperidine rings is 1. The minimum atomic E-state index is -0.486. The molecule has 1 aromatic rings. The fourth-order valence-corrected chi connectivity index (χ4v) is 1.75. The minimum absolute atomic E-state index is 0.211. The highest BCUT2D eigenvalue weighted by Gasteiger charge is 2.17. The molecule has 2 heterocycles. The number of rotatable bonds is 2. The molecule has 15 heavy (non-hydrogen) atoms. The third kappa shape index (κ3) is 2.89. The second-order valence-electron chi connectivity index (χ2n) is 3.93. The second-order valence-corrected chi connectivity index (χ2v) is 3.93. The fraction of sp³-hybridized carbons (Fsp3) is 0.545. The molecular formula is C11H15FN2O. The van der Waals surface area contributed by atoms with Crippen molar-refractivity contribution in [1.29, 1.82) is 0 Å². The number of hydrogen-bond donors (Lipinski definition) is 0. The van der Waals surface area contributed by atoms with Gasteiger partial charge in [0.05, 0.1) is 0 Å². The Balaban J connectivity index is 1.92. The number of pyridine rings is 1. The van der Waals surface area contributed by atoms with Crippen LogP contribution in [0.25, 0.3) is 0 Å². The first-order valence-electron chi connectivity index (χ1n) is 5.21. The average molecular weight is 210 g/mol. The first-order chi connectivity index (χ1) is 7.24. The van der Waals surface area contributed by atoms with E-state index in [0.717, 1.165) is 25.9 Å². The molecule has 2 rings (SSSR count). The van der Waals surface area contributed by atoms with Crippen LogP contribution in [0.2, 0.25) is 0 Å². The lowest BCUT2D eigenvalue weighted by Crippen LogP contribution is -2.35. The van der Waals surface area contributed by atoms with Crippen LogP contribution in [0.4, 0.5) is 4.39 Å². The van der Waals surface area contributed by atoms with E-state index in [1.807, 2.05) is 0 Å². The van der Waals surface area contributed by atoms with E-state index in [1.54, 1.807) is 6.07 Å². The van der Waals surface area contributed by atoms with Crippen LogP contribution in [0, 0.1) is 5.95 Å². The van der Waals surface area contributed by atoms with Crippen molar-refractivity contribution < 1.29 is 9.13 Å². The fourth-order valence-electron chi connectivity index (χ4n) is 1.75. The van der Waals surface area contributed by atoms with E-state index < -0.39 is 5.95 Å². The summed E-state index contributed by atoms with van der Waals surface area (Å²) in [5, 5.41) is 0. The van der Waals surface area contributed by atoms with Crippen molar-refractivity contribution in [2.75, 3.05) is 20.1 Å². The summed E-state index contributed by atoms with van der Waals surface area (Å²) in [4.78, 5) is 5.76. The first-order valence-corrected chi connectivity index (χ1v) is 5.21. The van der Waals surface area contributed by atoms with Crippen molar-refractivity contribution in [2.45, 2.75) is 18.9 Å². The van der Waals surface area contributed by atoms with Crippen LogP contribution in [0.3, 0.4) is 0 Å². The summed E-state index contributed by atoms with van der Waals surface area (Å²) in [5.41, 5.74) is 0. The molecule has 4 heteroatoms. The van der Waals surface area contributed by atoms with Gasteiger partial charge in [-0.25, -0.2) is 4.98 Å². The molecule has 1 aromatic heterocycles. The van der Waals surface area contributed by atoms with Gasteiger partial charge < -0.3 is 9.64 Å². The number of likely N-dealkylation sites (tertiary alicyclic amines) is 1. The van der Waals surface area contributed by atoms with Crippen LogP contribution in [0.5, 0.6) is 5.75 Å². The molecule has 0 saturated carbocycles. The Labute approximate surface area is 88.9 Å². The number of ether oxygens (including phenoxy) is 1. The van der Waals surface area contributed by atoms with E-state index in [-0.39, 0.29) is 6.10 Å². The Morgan fingerprint density at radius 3 is 2.87 bits per heavy atom. The second kappa shape index (κ2) is 4.57. The summed E-state index contributed by atoms with van der Waals surface area (Å²) in [6.07, 6.45) is 3.64. The van der Waals surface area contributed by atoms with Crippen LogP contribution < -0.4 is 4.74 Å². The summed E-state index contributed by atoms with van der Waals surface area (Å²) < 4.78 is 18.5. The van der Waals surface area contributed by atoms with Crippen LogP contribution >= 0.6 is 0 Å². The predicted octanol–water partition coefficient (Wildman–Crippen LogP) is 1.69. The molecular weight excluding hydrogens is 195 g/mol. The molecule has 0 N–H and O–H groups in total. The van der Waals surface area contributed by atoms with Gasteiger partial charge in [-0.3, -0.25) is 0 Å². The zero-order valence-electron chi connectivity index (χ0n) is 8.82. The average Bonchev–Trinajstić information content (AvgIpc) is 2.22. The van der Waals surface area contributed by atoms with Gasteiger partial charge in [-0.2, -0.15) is 4.39 Å². The van der Waals surface area contributed by atoms with Gasteiger partial charge in [-0.1, -0.05) is 0 Å². The van der Waals surface area contributed by atoms with E-state index in [0.29, 0.717) is 5.75 Å². The standard InChI is InChI=1S/C11H15FN2O/c1-14-6-3-9(4-7-14)15-10-2-5-13-11(12)8-10/h2,5,8-9H,3-4,6-7H2,1H3. The zero-order chi connectivity index (χ0) is 10.7. The number of aromatic nitrogens is 1. The molecule has 1 fully saturated rings. The van der Waals surface area contributed by atoms with Gasteiger partial charge in [-0.15, -0.1) is 0 Å². The van der Waals surface area contributed by atoms with Gasteiger partial charge in [0.15, 0.2) is 0 Å². The molecule has 82 valence electrons. The van der Waals surface area contributed by atoms with Gasteiger partial charge in [0, 0.05) is 25.4 Å². The van der Waals surface area contributed by atoms with E-state index in [4.69, 9.17) is 4.74 Å². The van der Waals surface area contributed by atoms with Crippen molar-refractivity contribution >= 4 is 0 Å². The number of hydrogen-bond acceptors (Lipinski definition) is 3. The molecule has 0 aliphatic carbocycles. The predicted molar refractivity (Wildman–Crippen MR) is 55.3 cm³/mol. The third-order valence-electron chi connectivity index (χ3n) is 2.67. The summed E-state index contributed by atoms with van der Waals surface area (Å²) in [6, 6.07) is 3.03. The van der Waals surface area contributed by atoms with E-state index >= 15 is 0 Å². The zero-order valence-corrected chi connectivity index (χ0v) is 8.82. The van der Waals surface area contributed by atoms with E-state index in [2.05, 4.69) is 16.9 Å². The smallest absolute Gasteiger partial charge is 0.216 e. The SMILES string of the molecule is CN1CCC(Oc2ccnc(F)c2)CC1. The maximum absolute atomic E-state index is 12.8. The highest BCUT2D eigenvalue weighted by molar-refractivity contribution is 5.18.